The molecule has 1 aliphatic rings. The number of halogens is 2. The van der Waals surface area contributed by atoms with Crippen LogP contribution in [0.25, 0.3) is 0 Å². The number of hydrogen-bond donors (Lipinski definition) is 2. The van der Waals surface area contributed by atoms with Crippen molar-refractivity contribution >= 4 is 5.91 Å². The maximum absolute atomic E-state index is 15.1. The van der Waals surface area contributed by atoms with E-state index in [0.717, 1.165) is 5.56 Å². The Labute approximate surface area is 170 Å². The molecule has 164 valence electrons. The average Bonchev–Trinajstić information content (AvgIpc) is 2.68. The SMILES string of the molecule is CCOC(O)C(F)(F)[C@H]1O[C@H](CC)[C@H](C)[C@H](OCc2ccccc2)[C@H]1NC(C)=O. The third-order valence-electron chi connectivity index (χ3n) is 5.20. The van der Waals surface area contributed by atoms with E-state index in [2.05, 4.69) is 5.32 Å². The summed E-state index contributed by atoms with van der Waals surface area (Å²) >= 11 is 0. The monoisotopic (exact) mass is 415 g/mol. The van der Waals surface area contributed by atoms with E-state index >= 15 is 8.78 Å². The number of carbonyl (C=O) groups excluding carboxylic acids is 1. The van der Waals surface area contributed by atoms with Crippen LogP contribution in [-0.2, 0) is 25.6 Å². The molecule has 0 aliphatic carbocycles. The molecule has 2 rings (SSSR count). The number of hydrogen-bond acceptors (Lipinski definition) is 5. The number of aliphatic hydroxyl groups is 1. The zero-order valence-electron chi connectivity index (χ0n) is 17.3. The second-order valence-corrected chi connectivity index (χ2v) is 7.33. The molecule has 0 aromatic heterocycles. The van der Waals surface area contributed by atoms with Crippen molar-refractivity contribution in [1.82, 2.24) is 5.32 Å². The van der Waals surface area contributed by atoms with Crippen molar-refractivity contribution in [3.8, 4) is 0 Å². The van der Waals surface area contributed by atoms with Gasteiger partial charge in [-0.15, -0.1) is 0 Å². The lowest BCUT2D eigenvalue weighted by atomic mass is 9.83. The second-order valence-electron chi connectivity index (χ2n) is 7.33. The molecule has 0 radical (unpaired) electrons. The van der Waals surface area contributed by atoms with Crippen LogP contribution in [0.3, 0.4) is 0 Å². The minimum Gasteiger partial charge on any atom is -0.371 e. The Bertz CT molecular complexity index is 645. The van der Waals surface area contributed by atoms with Crippen LogP contribution in [0.2, 0.25) is 0 Å². The number of benzene rings is 1. The van der Waals surface area contributed by atoms with Gasteiger partial charge in [0.2, 0.25) is 12.2 Å². The Morgan fingerprint density at radius 2 is 1.97 bits per heavy atom. The van der Waals surface area contributed by atoms with Gasteiger partial charge in [-0.25, -0.2) is 0 Å². The summed E-state index contributed by atoms with van der Waals surface area (Å²) < 4.78 is 46.6. The lowest BCUT2D eigenvalue weighted by Crippen LogP contribution is -2.67. The van der Waals surface area contributed by atoms with Crippen LogP contribution in [-0.4, -0.2) is 54.2 Å². The molecule has 1 aromatic carbocycles. The molecule has 8 heteroatoms. The molecular formula is C21H31F2NO5. The minimum absolute atomic E-state index is 0.0875. The van der Waals surface area contributed by atoms with Crippen LogP contribution in [0.5, 0.6) is 0 Å². The summed E-state index contributed by atoms with van der Waals surface area (Å²) in [5, 5.41) is 12.5. The smallest absolute Gasteiger partial charge is 0.325 e. The van der Waals surface area contributed by atoms with E-state index in [1.165, 1.54) is 13.8 Å². The van der Waals surface area contributed by atoms with Gasteiger partial charge in [-0.3, -0.25) is 4.79 Å². The molecule has 1 heterocycles. The van der Waals surface area contributed by atoms with Gasteiger partial charge in [-0.2, -0.15) is 8.78 Å². The Kier molecular flexibility index (Phi) is 8.51. The van der Waals surface area contributed by atoms with Crippen molar-refractivity contribution in [3.63, 3.8) is 0 Å². The third-order valence-corrected chi connectivity index (χ3v) is 5.20. The molecule has 0 bridgehead atoms. The highest BCUT2D eigenvalue weighted by Gasteiger charge is 2.58. The summed E-state index contributed by atoms with van der Waals surface area (Å²) in [7, 11) is 0. The predicted octanol–water partition coefficient (Wildman–Crippen LogP) is 2.88. The van der Waals surface area contributed by atoms with Crippen molar-refractivity contribution in [2.45, 2.75) is 77.3 Å². The van der Waals surface area contributed by atoms with Gasteiger partial charge in [-0.05, 0) is 18.9 Å². The van der Waals surface area contributed by atoms with Crippen LogP contribution in [0.4, 0.5) is 8.78 Å². The molecule has 1 fully saturated rings. The van der Waals surface area contributed by atoms with Crippen molar-refractivity contribution in [2.24, 2.45) is 5.92 Å². The minimum atomic E-state index is -3.74. The lowest BCUT2D eigenvalue weighted by molar-refractivity contribution is -0.308. The molecule has 6 atom stereocenters. The van der Waals surface area contributed by atoms with E-state index in [4.69, 9.17) is 14.2 Å². The molecule has 0 spiro atoms. The molecule has 2 N–H and O–H groups in total. The van der Waals surface area contributed by atoms with Gasteiger partial charge in [0.25, 0.3) is 0 Å². The first-order valence-electron chi connectivity index (χ1n) is 9.97. The maximum Gasteiger partial charge on any atom is 0.325 e. The molecule has 29 heavy (non-hydrogen) atoms. The number of nitrogens with one attached hydrogen (secondary N) is 1. The molecule has 1 saturated heterocycles. The van der Waals surface area contributed by atoms with Gasteiger partial charge < -0.3 is 24.6 Å². The summed E-state index contributed by atoms with van der Waals surface area (Å²) in [4.78, 5) is 11.8. The number of amides is 1. The Morgan fingerprint density at radius 3 is 2.52 bits per heavy atom. The van der Waals surface area contributed by atoms with Crippen LogP contribution in [0, 0.1) is 5.92 Å². The highest BCUT2D eigenvalue weighted by atomic mass is 19.3. The molecule has 6 nitrogen and oxygen atoms in total. The number of carbonyl (C=O) groups is 1. The fourth-order valence-corrected chi connectivity index (χ4v) is 3.73. The van der Waals surface area contributed by atoms with Gasteiger partial charge in [0.1, 0.15) is 6.10 Å². The molecule has 1 unspecified atom stereocenters. The Hall–Kier alpha value is -1.61. The van der Waals surface area contributed by atoms with Gasteiger partial charge in [-0.1, -0.05) is 44.2 Å². The van der Waals surface area contributed by atoms with Crippen molar-refractivity contribution in [1.29, 1.82) is 0 Å². The fraction of sp³-hybridized carbons (Fsp3) is 0.667. The van der Waals surface area contributed by atoms with E-state index in [-0.39, 0.29) is 19.1 Å². The zero-order chi connectivity index (χ0) is 21.6. The average molecular weight is 415 g/mol. The molecule has 1 amide bonds. The summed E-state index contributed by atoms with van der Waals surface area (Å²) in [6.07, 6.45) is -4.92. The van der Waals surface area contributed by atoms with E-state index in [1.54, 1.807) is 0 Å². The van der Waals surface area contributed by atoms with E-state index in [1.807, 2.05) is 44.2 Å². The van der Waals surface area contributed by atoms with Gasteiger partial charge in [0.05, 0.1) is 24.9 Å². The van der Waals surface area contributed by atoms with E-state index < -0.39 is 42.5 Å². The van der Waals surface area contributed by atoms with E-state index in [9.17, 15) is 9.90 Å². The Morgan fingerprint density at radius 1 is 1.31 bits per heavy atom. The van der Waals surface area contributed by atoms with E-state index in [0.29, 0.717) is 6.42 Å². The van der Waals surface area contributed by atoms with Crippen LogP contribution < -0.4 is 5.32 Å². The second kappa shape index (κ2) is 10.4. The Balaban J connectivity index is 2.34. The molecule has 0 saturated carbocycles. The van der Waals surface area contributed by atoms with Gasteiger partial charge >= 0.3 is 5.92 Å². The third kappa shape index (κ3) is 5.72. The molecular weight excluding hydrogens is 384 g/mol. The lowest BCUT2D eigenvalue weighted by Gasteiger charge is -2.48. The molecule has 1 aromatic rings. The quantitative estimate of drug-likeness (QED) is 0.607. The van der Waals surface area contributed by atoms with Crippen LogP contribution in [0.15, 0.2) is 30.3 Å². The number of rotatable bonds is 9. The number of ether oxygens (including phenoxy) is 3. The zero-order valence-corrected chi connectivity index (χ0v) is 17.3. The maximum atomic E-state index is 15.1. The number of aliphatic hydroxyl groups excluding tert-OH is 1. The summed E-state index contributed by atoms with van der Waals surface area (Å²) in [5.41, 5.74) is 0.887. The highest BCUT2D eigenvalue weighted by Crippen LogP contribution is 2.39. The summed E-state index contributed by atoms with van der Waals surface area (Å²) in [5.74, 6) is -4.48. The topological polar surface area (TPSA) is 77.0 Å². The standard InChI is InChI=1S/C21H31F2NO5/c1-5-16-13(3)18(28-12-15-10-8-7-9-11-15)17(24-14(4)25)19(29-16)21(22,23)20(26)27-6-2/h7-11,13,16-20,26H,5-6,12H2,1-4H3,(H,24,25)/t13-,16+,17+,18-,19-,20?/m0/s1. The highest BCUT2D eigenvalue weighted by molar-refractivity contribution is 5.73. The molecule has 1 aliphatic heterocycles. The fourth-order valence-electron chi connectivity index (χ4n) is 3.73. The van der Waals surface area contributed by atoms with Crippen molar-refractivity contribution in [2.75, 3.05) is 6.61 Å². The van der Waals surface area contributed by atoms with Gasteiger partial charge in [0.15, 0.2) is 0 Å². The van der Waals surface area contributed by atoms with Crippen molar-refractivity contribution in [3.05, 3.63) is 35.9 Å². The van der Waals surface area contributed by atoms with Crippen LogP contribution in [0.1, 0.15) is 39.7 Å². The first kappa shape index (κ1) is 23.7. The first-order valence-corrected chi connectivity index (χ1v) is 9.97. The van der Waals surface area contributed by atoms with Crippen molar-refractivity contribution < 1.29 is 32.9 Å². The number of alkyl halides is 2. The summed E-state index contributed by atoms with van der Waals surface area (Å²) in [6, 6.07) is 8.20. The summed E-state index contributed by atoms with van der Waals surface area (Å²) in [6.45, 7) is 6.56. The van der Waals surface area contributed by atoms with Gasteiger partial charge in [0, 0.05) is 19.4 Å². The van der Waals surface area contributed by atoms with Crippen LogP contribution >= 0.6 is 0 Å². The predicted molar refractivity (Wildman–Crippen MR) is 103 cm³/mol. The first-order chi connectivity index (χ1) is 13.7. The normalized spacial score (nSPS) is 28.7. The largest absolute Gasteiger partial charge is 0.371 e.